The highest BCUT2D eigenvalue weighted by Gasteiger charge is 2.25. The molecule has 0 aromatic carbocycles. The summed E-state index contributed by atoms with van der Waals surface area (Å²) >= 11 is 0. The first-order chi connectivity index (χ1) is 6.86. The van der Waals surface area contributed by atoms with Crippen LogP contribution in [0.5, 0.6) is 0 Å². The van der Waals surface area contributed by atoms with Gasteiger partial charge in [-0.05, 0) is 38.5 Å². The van der Waals surface area contributed by atoms with Crippen LogP contribution >= 0.6 is 0 Å². The van der Waals surface area contributed by atoms with Crippen LogP contribution < -0.4 is 0 Å². The maximum atomic E-state index is 4.84. The van der Waals surface area contributed by atoms with E-state index in [0.717, 1.165) is 0 Å². The Morgan fingerprint density at radius 3 is 3.00 bits per heavy atom. The Labute approximate surface area is 85.3 Å². The van der Waals surface area contributed by atoms with Crippen molar-refractivity contribution in [3.8, 4) is 0 Å². The molecule has 2 aliphatic rings. The third kappa shape index (κ3) is 1.13. The summed E-state index contributed by atoms with van der Waals surface area (Å²) in [5.74, 6) is 2.07. The highest BCUT2D eigenvalue weighted by molar-refractivity contribution is 5.22. The quantitative estimate of drug-likeness (QED) is 0.615. The maximum absolute atomic E-state index is 4.84. The van der Waals surface area contributed by atoms with Crippen molar-refractivity contribution >= 4 is 0 Å². The van der Waals surface area contributed by atoms with Crippen molar-refractivity contribution in [3.05, 3.63) is 17.2 Å². The van der Waals surface area contributed by atoms with Crippen molar-refractivity contribution in [2.75, 3.05) is 0 Å². The average Bonchev–Trinajstić information content (AvgIpc) is 2.59. The third-order valence-electron chi connectivity index (χ3n) is 3.72. The number of imidazole rings is 1. The van der Waals surface area contributed by atoms with Crippen molar-refractivity contribution in [2.45, 2.75) is 57.9 Å². The number of hydrogen-bond acceptors (Lipinski definition) is 1. The van der Waals surface area contributed by atoms with Gasteiger partial charge in [-0.15, -0.1) is 0 Å². The lowest BCUT2D eigenvalue weighted by molar-refractivity contribution is 0.451. The molecule has 0 N–H and O–H groups in total. The van der Waals surface area contributed by atoms with Crippen molar-refractivity contribution in [2.24, 2.45) is 0 Å². The molecule has 1 aliphatic heterocycles. The molecule has 0 saturated carbocycles. The van der Waals surface area contributed by atoms with Crippen LogP contribution in [-0.4, -0.2) is 9.55 Å². The van der Waals surface area contributed by atoms with E-state index in [1.165, 1.54) is 56.6 Å². The van der Waals surface area contributed by atoms with Gasteiger partial charge in [0.2, 0.25) is 0 Å². The molecule has 76 valence electrons. The van der Waals surface area contributed by atoms with Crippen molar-refractivity contribution < 1.29 is 0 Å². The average molecular weight is 190 g/mol. The van der Waals surface area contributed by atoms with Crippen LogP contribution in [0.15, 0.2) is 0 Å². The number of aromatic nitrogens is 2. The molecule has 1 aromatic rings. The fourth-order valence-electron chi connectivity index (χ4n) is 2.93. The van der Waals surface area contributed by atoms with Gasteiger partial charge < -0.3 is 4.57 Å². The maximum Gasteiger partial charge on any atom is 0.112 e. The molecule has 1 atom stereocenters. The smallest absolute Gasteiger partial charge is 0.112 e. The van der Waals surface area contributed by atoms with E-state index in [0.29, 0.717) is 5.92 Å². The van der Waals surface area contributed by atoms with Gasteiger partial charge in [0.05, 0.1) is 5.69 Å². The number of rotatable bonds is 0. The summed E-state index contributed by atoms with van der Waals surface area (Å²) < 4.78 is 2.52. The second-order valence-electron chi connectivity index (χ2n) is 4.77. The molecule has 1 unspecified atom stereocenters. The van der Waals surface area contributed by atoms with E-state index in [4.69, 9.17) is 4.98 Å². The van der Waals surface area contributed by atoms with Crippen molar-refractivity contribution in [1.82, 2.24) is 9.55 Å². The summed E-state index contributed by atoms with van der Waals surface area (Å²) in [6.07, 6.45) is 7.88. The highest BCUT2D eigenvalue weighted by atomic mass is 15.1. The van der Waals surface area contributed by atoms with Crippen molar-refractivity contribution in [1.29, 1.82) is 0 Å². The first-order valence-corrected chi connectivity index (χ1v) is 5.94. The van der Waals surface area contributed by atoms with Crippen LogP contribution in [0.25, 0.3) is 0 Å². The zero-order valence-corrected chi connectivity index (χ0v) is 8.92. The summed E-state index contributed by atoms with van der Waals surface area (Å²) in [6.45, 7) is 3.55. The number of hydrogen-bond donors (Lipinski definition) is 0. The molecule has 0 spiro atoms. The first-order valence-electron chi connectivity index (χ1n) is 5.94. The second-order valence-corrected chi connectivity index (χ2v) is 4.77. The fraction of sp³-hybridized carbons (Fsp3) is 0.750. The Balaban J connectivity index is 2.10. The predicted molar refractivity (Wildman–Crippen MR) is 56.5 cm³/mol. The van der Waals surface area contributed by atoms with E-state index >= 15 is 0 Å². The lowest BCUT2D eigenvalue weighted by atomic mass is 9.99. The molecule has 1 aliphatic carbocycles. The molecule has 0 fully saturated rings. The zero-order chi connectivity index (χ0) is 9.54. The standard InChI is InChI=1S/C12H18N2/c1-9-5-4-8-14-11-7-3-2-6-10(11)13-12(9)14/h9H,2-8H2,1H3. The molecule has 0 amide bonds. The van der Waals surface area contributed by atoms with Crippen LogP contribution in [0.2, 0.25) is 0 Å². The van der Waals surface area contributed by atoms with E-state index in [2.05, 4.69) is 11.5 Å². The molecule has 3 rings (SSSR count). The monoisotopic (exact) mass is 190 g/mol. The normalized spacial score (nSPS) is 25.6. The molecule has 0 bridgehead atoms. The van der Waals surface area contributed by atoms with E-state index < -0.39 is 0 Å². The molecule has 2 nitrogen and oxygen atoms in total. The summed E-state index contributed by atoms with van der Waals surface area (Å²) in [5.41, 5.74) is 2.98. The largest absolute Gasteiger partial charge is 0.332 e. The Morgan fingerprint density at radius 1 is 1.21 bits per heavy atom. The second kappa shape index (κ2) is 3.11. The predicted octanol–water partition coefficient (Wildman–Crippen LogP) is 2.66. The molecule has 14 heavy (non-hydrogen) atoms. The highest BCUT2D eigenvalue weighted by Crippen LogP contribution is 2.31. The van der Waals surface area contributed by atoms with Crippen LogP contribution in [0.1, 0.15) is 55.7 Å². The van der Waals surface area contributed by atoms with Gasteiger partial charge in [-0.25, -0.2) is 4.98 Å². The minimum atomic E-state index is 0.689. The molecule has 0 saturated heterocycles. The van der Waals surface area contributed by atoms with Crippen LogP contribution in [-0.2, 0) is 19.4 Å². The minimum Gasteiger partial charge on any atom is -0.332 e. The van der Waals surface area contributed by atoms with Gasteiger partial charge in [-0.1, -0.05) is 6.92 Å². The van der Waals surface area contributed by atoms with Gasteiger partial charge in [0.1, 0.15) is 5.82 Å². The Hall–Kier alpha value is -0.790. The Morgan fingerprint density at radius 2 is 2.07 bits per heavy atom. The molecular weight excluding hydrogens is 172 g/mol. The molecule has 0 radical (unpaired) electrons. The topological polar surface area (TPSA) is 17.8 Å². The third-order valence-corrected chi connectivity index (χ3v) is 3.72. The van der Waals surface area contributed by atoms with Crippen LogP contribution in [0.4, 0.5) is 0 Å². The lowest BCUT2D eigenvalue weighted by Gasteiger charge is -2.22. The van der Waals surface area contributed by atoms with Crippen LogP contribution in [0.3, 0.4) is 0 Å². The number of nitrogens with zero attached hydrogens (tertiary/aromatic N) is 2. The fourth-order valence-corrected chi connectivity index (χ4v) is 2.93. The van der Waals surface area contributed by atoms with Gasteiger partial charge in [0.15, 0.2) is 0 Å². The van der Waals surface area contributed by atoms with Gasteiger partial charge in [0, 0.05) is 18.2 Å². The van der Waals surface area contributed by atoms with Gasteiger partial charge >= 0.3 is 0 Å². The van der Waals surface area contributed by atoms with Crippen molar-refractivity contribution in [3.63, 3.8) is 0 Å². The van der Waals surface area contributed by atoms with Gasteiger partial charge in [-0.3, -0.25) is 0 Å². The summed E-state index contributed by atoms with van der Waals surface area (Å²) in [4.78, 5) is 4.84. The number of fused-ring (bicyclic) bond motifs is 3. The van der Waals surface area contributed by atoms with E-state index in [1.807, 2.05) is 0 Å². The molecule has 2 heterocycles. The zero-order valence-electron chi connectivity index (χ0n) is 8.92. The summed E-state index contributed by atoms with van der Waals surface area (Å²) in [7, 11) is 0. The minimum absolute atomic E-state index is 0.689. The van der Waals surface area contributed by atoms with Crippen LogP contribution in [0, 0.1) is 0 Å². The van der Waals surface area contributed by atoms with E-state index in [1.54, 1.807) is 5.69 Å². The molecular formula is C12H18N2. The molecule has 1 aromatic heterocycles. The van der Waals surface area contributed by atoms with E-state index in [-0.39, 0.29) is 0 Å². The summed E-state index contributed by atoms with van der Waals surface area (Å²) in [5, 5.41) is 0. The SMILES string of the molecule is CC1CCCn2c1nc1c2CCCC1. The lowest BCUT2D eigenvalue weighted by Crippen LogP contribution is -2.16. The molecule has 2 heteroatoms. The first kappa shape index (κ1) is 8.51. The van der Waals surface area contributed by atoms with Gasteiger partial charge in [-0.2, -0.15) is 0 Å². The van der Waals surface area contributed by atoms with E-state index in [9.17, 15) is 0 Å². The Kier molecular flexibility index (Phi) is 1.89. The Bertz CT molecular complexity index is 351. The van der Waals surface area contributed by atoms with Gasteiger partial charge in [0.25, 0.3) is 0 Å². The summed E-state index contributed by atoms with van der Waals surface area (Å²) in [6, 6.07) is 0. The number of aryl methyl sites for hydroxylation is 1.